The average Bonchev–Trinajstić information content (AvgIpc) is 3.15. The number of carboxylic acids is 1. The van der Waals surface area contributed by atoms with Crippen molar-refractivity contribution in [1.29, 1.82) is 0 Å². The van der Waals surface area contributed by atoms with Crippen molar-refractivity contribution in [3.8, 4) is 0 Å². The van der Waals surface area contributed by atoms with E-state index in [1.165, 1.54) is 0 Å². The van der Waals surface area contributed by atoms with E-state index in [1.807, 2.05) is 42.5 Å². The number of rotatable bonds is 3. The number of benzene rings is 2. The van der Waals surface area contributed by atoms with E-state index in [9.17, 15) is 14.7 Å². The van der Waals surface area contributed by atoms with Crippen LogP contribution in [0, 0.1) is 11.8 Å². The third-order valence-corrected chi connectivity index (χ3v) is 4.50. The normalized spacial score (nSPS) is 28.2. The molecule has 2 N–H and O–H groups in total. The molecule has 116 valence electrons. The molecule has 2 aliphatic rings. The minimum absolute atomic E-state index is 0.315. The molecule has 0 aromatic heterocycles. The molecule has 0 spiro atoms. The maximum Gasteiger partial charge on any atom is 0.310 e. The molecular formula is C18H15NO4. The van der Waals surface area contributed by atoms with E-state index >= 15 is 0 Å². The zero-order chi connectivity index (χ0) is 16.0. The van der Waals surface area contributed by atoms with E-state index in [0.29, 0.717) is 5.69 Å². The number of ether oxygens (including phenoxy) is 1. The van der Waals surface area contributed by atoms with Crippen molar-refractivity contribution in [2.24, 2.45) is 11.8 Å². The van der Waals surface area contributed by atoms with Gasteiger partial charge in [-0.15, -0.1) is 0 Å². The molecule has 2 aromatic carbocycles. The van der Waals surface area contributed by atoms with E-state index in [-0.39, 0.29) is 5.91 Å². The summed E-state index contributed by atoms with van der Waals surface area (Å²) in [5.74, 6) is -2.84. The number of anilines is 1. The fraction of sp³-hybridized carbons (Fsp3) is 0.222. The van der Waals surface area contributed by atoms with Gasteiger partial charge in [-0.25, -0.2) is 0 Å². The Labute approximate surface area is 132 Å². The van der Waals surface area contributed by atoms with Crippen LogP contribution in [0.5, 0.6) is 0 Å². The van der Waals surface area contributed by atoms with Crippen LogP contribution >= 0.6 is 0 Å². The zero-order valence-electron chi connectivity index (χ0n) is 12.2. The van der Waals surface area contributed by atoms with Crippen molar-refractivity contribution >= 4 is 28.3 Å². The van der Waals surface area contributed by atoms with Crippen molar-refractivity contribution in [1.82, 2.24) is 0 Å². The smallest absolute Gasteiger partial charge is 0.310 e. The van der Waals surface area contributed by atoms with Crippen LogP contribution < -0.4 is 5.32 Å². The Balaban J connectivity index is 1.59. The highest BCUT2D eigenvalue weighted by atomic mass is 16.5. The van der Waals surface area contributed by atoms with Gasteiger partial charge in [0, 0.05) is 5.69 Å². The van der Waals surface area contributed by atoms with Crippen LogP contribution in [0.3, 0.4) is 0 Å². The van der Waals surface area contributed by atoms with Crippen LogP contribution in [-0.2, 0) is 14.3 Å². The lowest BCUT2D eigenvalue weighted by molar-refractivity contribution is -0.145. The number of carbonyl (C=O) groups excluding carboxylic acids is 1. The first kappa shape index (κ1) is 14.0. The molecule has 0 aliphatic carbocycles. The highest BCUT2D eigenvalue weighted by Crippen LogP contribution is 2.39. The van der Waals surface area contributed by atoms with Gasteiger partial charge >= 0.3 is 5.97 Å². The van der Waals surface area contributed by atoms with Gasteiger partial charge in [0.2, 0.25) is 5.91 Å². The van der Waals surface area contributed by atoms with Crippen LogP contribution in [0.25, 0.3) is 10.8 Å². The van der Waals surface area contributed by atoms with Gasteiger partial charge in [-0.2, -0.15) is 0 Å². The second-order valence-corrected chi connectivity index (χ2v) is 5.89. The molecule has 2 bridgehead atoms. The van der Waals surface area contributed by atoms with Gasteiger partial charge in [0.05, 0.1) is 18.1 Å². The summed E-state index contributed by atoms with van der Waals surface area (Å²) in [6, 6.07) is 13.5. The van der Waals surface area contributed by atoms with Crippen LogP contribution in [0.4, 0.5) is 5.69 Å². The maximum absolute atomic E-state index is 12.6. The summed E-state index contributed by atoms with van der Waals surface area (Å²) in [5, 5.41) is 14.3. The van der Waals surface area contributed by atoms with Gasteiger partial charge in [-0.3, -0.25) is 9.59 Å². The Hall–Kier alpha value is -2.66. The van der Waals surface area contributed by atoms with Gasteiger partial charge < -0.3 is 15.2 Å². The lowest BCUT2D eigenvalue weighted by Crippen LogP contribution is -2.39. The van der Waals surface area contributed by atoms with Gasteiger partial charge in [0.15, 0.2) is 0 Å². The minimum Gasteiger partial charge on any atom is -0.481 e. The number of nitrogens with one attached hydrogen (secondary N) is 1. The van der Waals surface area contributed by atoms with Gasteiger partial charge in [0.1, 0.15) is 5.92 Å². The summed E-state index contributed by atoms with van der Waals surface area (Å²) in [6.45, 7) is 0. The summed E-state index contributed by atoms with van der Waals surface area (Å²) < 4.78 is 5.54. The van der Waals surface area contributed by atoms with E-state index in [1.54, 1.807) is 12.2 Å². The predicted octanol–water partition coefficient (Wildman–Crippen LogP) is 2.43. The Bertz CT molecular complexity index is 829. The summed E-state index contributed by atoms with van der Waals surface area (Å²) >= 11 is 0. The van der Waals surface area contributed by atoms with Gasteiger partial charge in [-0.05, 0) is 22.9 Å². The first-order chi connectivity index (χ1) is 11.1. The van der Waals surface area contributed by atoms with Crippen LogP contribution in [0.1, 0.15) is 0 Å². The molecule has 0 unspecified atom stereocenters. The number of hydrogen-bond donors (Lipinski definition) is 2. The summed E-state index contributed by atoms with van der Waals surface area (Å²) in [6.07, 6.45) is 2.53. The number of hydrogen-bond acceptors (Lipinski definition) is 3. The molecule has 4 rings (SSSR count). The molecule has 4 atom stereocenters. The van der Waals surface area contributed by atoms with Gasteiger partial charge in [-0.1, -0.05) is 42.5 Å². The average molecular weight is 309 g/mol. The molecule has 1 saturated heterocycles. The van der Waals surface area contributed by atoms with Crippen molar-refractivity contribution < 1.29 is 19.4 Å². The molecule has 2 aromatic rings. The van der Waals surface area contributed by atoms with Crippen LogP contribution in [0.2, 0.25) is 0 Å². The van der Waals surface area contributed by atoms with Crippen molar-refractivity contribution in [3.05, 3.63) is 54.6 Å². The quantitative estimate of drug-likeness (QED) is 0.854. The highest BCUT2D eigenvalue weighted by Gasteiger charge is 2.53. The van der Waals surface area contributed by atoms with E-state index in [4.69, 9.17) is 4.74 Å². The van der Waals surface area contributed by atoms with E-state index in [2.05, 4.69) is 5.32 Å². The molecular weight excluding hydrogens is 294 g/mol. The monoisotopic (exact) mass is 309 g/mol. The number of carboxylic acid groups (broad SMARTS) is 1. The second kappa shape index (κ2) is 5.21. The molecule has 5 nitrogen and oxygen atoms in total. The topological polar surface area (TPSA) is 75.6 Å². The van der Waals surface area contributed by atoms with Gasteiger partial charge in [0.25, 0.3) is 0 Å². The molecule has 5 heteroatoms. The second-order valence-electron chi connectivity index (χ2n) is 5.89. The third-order valence-electron chi connectivity index (χ3n) is 4.50. The Morgan fingerprint density at radius 1 is 0.957 bits per heavy atom. The summed E-state index contributed by atoms with van der Waals surface area (Å²) in [7, 11) is 0. The Morgan fingerprint density at radius 2 is 1.65 bits per heavy atom. The number of amides is 1. The fourth-order valence-electron chi connectivity index (χ4n) is 3.41. The minimum atomic E-state index is -1.000. The SMILES string of the molecule is O=C(O)[C@@H]1[C@@H](C(=O)Nc2ccc3ccccc3c2)[C@@H]2C=C[C@@H]1O2. The molecule has 2 aliphatic heterocycles. The van der Waals surface area contributed by atoms with Crippen molar-refractivity contribution in [3.63, 3.8) is 0 Å². The van der Waals surface area contributed by atoms with Crippen LogP contribution in [0.15, 0.2) is 54.6 Å². The first-order valence-electron chi connectivity index (χ1n) is 7.50. The molecule has 23 heavy (non-hydrogen) atoms. The lowest BCUT2D eigenvalue weighted by Gasteiger charge is -2.21. The largest absolute Gasteiger partial charge is 0.481 e. The van der Waals surface area contributed by atoms with E-state index in [0.717, 1.165) is 10.8 Å². The Kier molecular flexibility index (Phi) is 3.16. The van der Waals surface area contributed by atoms with Crippen LogP contribution in [-0.4, -0.2) is 29.2 Å². The molecule has 0 saturated carbocycles. The maximum atomic E-state index is 12.6. The molecule has 1 fully saturated rings. The molecule has 1 amide bonds. The zero-order valence-corrected chi connectivity index (χ0v) is 12.2. The fourth-order valence-corrected chi connectivity index (χ4v) is 3.41. The van der Waals surface area contributed by atoms with Crippen molar-refractivity contribution in [2.75, 3.05) is 5.32 Å². The number of fused-ring (bicyclic) bond motifs is 3. The highest BCUT2D eigenvalue weighted by molar-refractivity contribution is 5.98. The number of carbonyl (C=O) groups is 2. The third kappa shape index (κ3) is 2.29. The van der Waals surface area contributed by atoms with Crippen molar-refractivity contribution in [2.45, 2.75) is 12.2 Å². The summed E-state index contributed by atoms with van der Waals surface area (Å²) in [5.41, 5.74) is 0.657. The molecule has 2 heterocycles. The lowest BCUT2D eigenvalue weighted by atomic mass is 9.82. The summed E-state index contributed by atoms with van der Waals surface area (Å²) in [4.78, 5) is 24.0. The number of aliphatic carboxylic acids is 1. The molecule has 0 radical (unpaired) electrons. The predicted molar refractivity (Wildman–Crippen MR) is 85.0 cm³/mol. The Morgan fingerprint density at radius 3 is 2.39 bits per heavy atom. The van der Waals surface area contributed by atoms with E-state index < -0.39 is 30.0 Å². The standard InChI is InChI=1S/C18H15NO4/c20-17(15-13-7-8-14(23-13)16(15)18(21)22)19-12-6-5-10-3-1-2-4-11(10)9-12/h1-9,13-16H,(H,19,20)(H,21,22)/t13-,14-,15-,16-/m0/s1. The first-order valence-corrected chi connectivity index (χ1v) is 7.50.